The Bertz CT molecular complexity index is 799. The standard InChI is InChI=1S/C19H27N3O5S/c1-4-18(23)20-16-5-7-17(8-6-16)28(25,26)22-11-9-15(10-12-22)19(24)21(2)13-14-27-3/h4-8,15H,1,9-14H2,2-3H3,(H,20,23). The van der Waals surface area contributed by atoms with Crippen molar-refractivity contribution in [1.82, 2.24) is 9.21 Å². The SMILES string of the molecule is C=CC(=O)Nc1ccc(S(=O)(=O)N2CCC(C(=O)N(C)CCOC)CC2)cc1. The zero-order valence-electron chi connectivity index (χ0n) is 16.3. The van der Waals surface area contributed by atoms with Crippen LogP contribution < -0.4 is 5.32 Å². The molecule has 0 aromatic heterocycles. The molecule has 1 aromatic rings. The number of hydrogen-bond acceptors (Lipinski definition) is 5. The molecule has 28 heavy (non-hydrogen) atoms. The average molecular weight is 410 g/mol. The molecule has 9 heteroatoms. The lowest BCUT2D eigenvalue weighted by Crippen LogP contribution is -2.44. The van der Waals surface area contributed by atoms with Gasteiger partial charge in [0.2, 0.25) is 21.8 Å². The lowest BCUT2D eigenvalue weighted by Gasteiger charge is -2.32. The highest BCUT2D eigenvalue weighted by Gasteiger charge is 2.33. The summed E-state index contributed by atoms with van der Waals surface area (Å²) in [5.41, 5.74) is 0.493. The largest absolute Gasteiger partial charge is 0.383 e. The summed E-state index contributed by atoms with van der Waals surface area (Å²) in [5, 5.41) is 2.58. The van der Waals surface area contributed by atoms with Crippen LogP contribution in [0.15, 0.2) is 41.8 Å². The maximum atomic E-state index is 12.8. The molecule has 2 rings (SSSR count). The van der Waals surface area contributed by atoms with E-state index in [0.29, 0.717) is 44.8 Å². The fourth-order valence-electron chi connectivity index (χ4n) is 3.05. The Morgan fingerprint density at radius 2 is 1.89 bits per heavy atom. The Hall–Kier alpha value is -2.23. The molecule has 1 aliphatic rings. The number of rotatable bonds is 8. The number of benzene rings is 1. The van der Waals surface area contributed by atoms with E-state index < -0.39 is 10.0 Å². The van der Waals surface area contributed by atoms with Gasteiger partial charge in [-0.3, -0.25) is 9.59 Å². The first kappa shape index (κ1) is 22.1. The first-order chi connectivity index (χ1) is 13.3. The van der Waals surface area contributed by atoms with E-state index in [1.165, 1.54) is 28.6 Å². The highest BCUT2D eigenvalue weighted by atomic mass is 32.2. The molecule has 1 N–H and O–H groups in total. The number of methoxy groups -OCH3 is 1. The molecule has 8 nitrogen and oxygen atoms in total. The van der Waals surface area contributed by atoms with Crippen LogP contribution in [0, 0.1) is 5.92 Å². The van der Waals surface area contributed by atoms with Gasteiger partial charge in [0, 0.05) is 45.4 Å². The number of piperidine rings is 1. The van der Waals surface area contributed by atoms with E-state index in [4.69, 9.17) is 4.74 Å². The first-order valence-electron chi connectivity index (χ1n) is 9.07. The van der Waals surface area contributed by atoms with Gasteiger partial charge in [-0.2, -0.15) is 4.31 Å². The molecule has 1 fully saturated rings. The van der Waals surface area contributed by atoms with Crippen LogP contribution in [-0.4, -0.2) is 69.8 Å². The predicted molar refractivity (Wildman–Crippen MR) is 106 cm³/mol. The first-order valence-corrected chi connectivity index (χ1v) is 10.5. The number of carbonyl (C=O) groups excluding carboxylic acids is 2. The van der Waals surface area contributed by atoms with E-state index in [1.807, 2.05) is 0 Å². The summed E-state index contributed by atoms with van der Waals surface area (Å²) in [7, 11) is -0.323. The van der Waals surface area contributed by atoms with Gasteiger partial charge in [0.25, 0.3) is 0 Å². The summed E-state index contributed by atoms with van der Waals surface area (Å²) in [6.45, 7) is 4.95. The van der Waals surface area contributed by atoms with Gasteiger partial charge in [-0.05, 0) is 43.2 Å². The Kier molecular flexibility index (Phi) is 7.73. The molecule has 0 bridgehead atoms. The second-order valence-corrected chi connectivity index (χ2v) is 8.59. The topological polar surface area (TPSA) is 96.0 Å². The molecular formula is C19H27N3O5S. The van der Waals surface area contributed by atoms with Gasteiger partial charge >= 0.3 is 0 Å². The molecule has 0 radical (unpaired) electrons. The number of sulfonamides is 1. The summed E-state index contributed by atoms with van der Waals surface area (Å²) < 4.78 is 32.1. The minimum atomic E-state index is -3.64. The van der Waals surface area contributed by atoms with Crippen molar-refractivity contribution in [3.05, 3.63) is 36.9 Å². The molecule has 1 heterocycles. The number of hydrogen-bond donors (Lipinski definition) is 1. The van der Waals surface area contributed by atoms with E-state index in [0.717, 1.165) is 6.08 Å². The molecular weight excluding hydrogens is 382 g/mol. The normalized spacial score (nSPS) is 15.8. The van der Waals surface area contributed by atoms with Crippen LogP contribution >= 0.6 is 0 Å². The van der Waals surface area contributed by atoms with Crippen molar-refractivity contribution in [2.75, 3.05) is 45.7 Å². The fraction of sp³-hybridized carbons (Fsp3) is 0.474. The molecule has 154 valence electrons. The number of nitrogens with one attached hydrogen (secondary N) is 1. The van der Waals surface area contributed by atoms with Crippen molar-refractivity contribution >= 4 is 27.5 Å². The van der Waals surface area contributed by atoms with E-state index >= 15 is 0 Å². The van der Waals surface area contributed by atoms with Crippen LogP contribution in [0.2, 0.25) is 0 Å². The molecule has 1 saturated heterocycles. The molecule has 0 aliphatic carbocycles. The Balaban J connectivity index is 1.98. The third-order valence-electron chi connectivity index (χ3n) is 4.76. The van der Waals surface area contributed by atoms with E-state index in [2.05, 4.69) is 11.9 Å². The molecule has 0 atom stereocenters. The molecule has 1 aliphatic heterocycles. The number of carbonyl (C=O) groups is 2. The molecule has 1 aromatic carbocycles. The quantitative estimate of drug-likeness (QED) is 0.653. The van der Waals surface area contributed by atoms with Crippen molar-refractivity contribution < 1.29 is 22.7 Å². The predicted octanol–water partition coefficient (Wildman–Crippen LogP) is 1.32. The Morgan fingerprint density at radius 1 is 1.29 bits per heavy atom. The van der Waals surface area contributed by atoms with Gasteiger partial charge in [0.15, 0.2) is 0 Å². The van der Waals surface area contributed by atoms with Crippen LogP contribution in [0.3, 0.4) is 0 Å². The smallest absolute Gasteiger partial charge is 0.247 e. The number of anilines is 1. The summed E-state index contributed by atoms with van der Waals surface area (Å²) in [6.07, 6.45) is 2.12. The van der Waals surface area contributed by atoms with Crippen LogP contribution in [0.1, 0.15) is 12.8 Å². The fourth-order valence-corrected chi connectivity index (χ4v) is 4.52. The second-order valence-electron chi connectivity index (χ2n) is 6.65. The van der Waals surface area contributed by atoms with Gasteiger partial charge in [-0.1, -0.05) is 6.58 Å². The number of amides is 2. The lowest BCUT2D eigenvalue weighted by molar-refractivity contribution is -0.135. The lowest BCUT2D eigenvalue weighted by atomic mass is 9.97. The van der Waals surface area contributed by atoms with Gasteiger partial charge in [-0.25, -0.2) is 8.42 Å². The maximum absolute atomic E-state index is 12.8. The third kappa shape index (κ3) is 5.40. The number of nitrogens with zero attached hydrogens (tertiary/aromatic N) is 2. The van der Waals surface area contributed by atoms with E-state index in [-0.39, 0.29) is 22.6 Å². The molecule has 0 saturated carbocycles. The highest BCUT2D eigenvalue weighted by Crippen LogP contribution is 2.25. The molecule has 0 spiro atoms. The van der Waals surface area contributed by atoms with Crippen LogP contribution in [0.25, 0.3) is 0 Å². The van der Waals surface area contributed by atoms with Crippen molar-refractivity contribution in [1.29, 1.82) is 0 Å². The summed E-state index contributed by atoms with van der Waals surface area (Å²) in [6, 6.07) is 6.00. The summed E-state index contributed by atoms with van der Waals surface area (Å²) in [4.78, 5) is 25.5. The highest BCUT2D eigenvalue weighted by molar-refractivity contribution is 7.89. The summed E-state index contributed by atoms with van der Waals surface area (Å²) >= 11 is 0. The Labute approximate surface area is 166 Å². The maximum Gasteiger partial charge on any atom is 0.247 e. The van der Waals surface area contributed by atoms with Crippen LogP contribution in [0.5, 0.6) is 0 Å². The van der Waals surface area contributed by atoms with E-state index in [1.54, 1.807) is 19.1 Å². The minimum absolute atomic E-state index is 0.0245. The third-order valence-corrected chi connectivity index (χ3v) is 6.67. The van der Waals surface area contributed by atoms with E-state index in [9.17, 15) is 18.0 Å². The summed E-state index contributed by atoms with van der Waals surface area (Å²) in [5.74, 6) is -0.515. The van der Waals surface area contributed by atoms with Crippen molar-refractivity contribution in [2.45, 2.75) is 17.7 Å². The zero-order chi connectivity index (χ0) is 20.7. The van der Waals surface area contributed by atoms with Crippen molar-refractivity contribution in [3.8, 4) is 0 Å². The monoisotopic (exact) mass is 409 g/mol. The number of ether oxygens (including phenoxy) is 1. The molecule has 2 amide bonds. The van der Waals surface area contributed by atoms with Crippen LogP contribution in [-0.2, 0) is 24.3 Å². The van der Waals surface area contributed by atoms with Gasteiger partial charge in [-0.15, -0.1) is 0 Å². The van der Waals surface area contributed by atoms with Gasteiger partial charge < -0.3 is 15.0 Å². The second kappa shape index (κ2) is 9.81. The van der Waals surface area contributed by atoms with Crippen LogP contribution in [0.4, 0.5) is 5.69 Å². The van der Waals surface area contributed by atoms with Gasteiger partial charge in [0.1, 0.15) is 0 Å². The van der Waals surface area contributed by atoms with Crippen molar-refractivity contribution in [2.24, 2.45) is 5.92 Å². The Morgan fingerprint density at radius 3 is 2.43 bits per heavy atom. The average Bonchev–Trinajstić information content (AvgIpc) is 2.71. The van der Waals surface area contributed by atoms with Gasteiger partial charge in [0.05, 0.1) is 11.5 Å². The molecule has 0 unspecified atom stereocenters. The number of likely N-dealkylation sites (N-methyl/N-ethyl adjacent to an activating group) is 1. The van der Waals surface area contributed by atoms with Crippen molar-refractivity contribution in [3.63, 3.8) is 0 Å². The zero-order valence-corrected chi connectivity index (χ0v) is 17.1. The minimum Gasteiger partial charge on any atom is -0.383 e.